The Morgan fingerprint density at radius 3 is 2.48 bits per heavy atom. The van der Waals surface area contributed by atoms with Crippen molar-refractivity contribution in [3.8, 4) is 0 Å². The Hall–Kier alpha value is -1.28. The van der Waals surface area contributed by atoms with Crippen molar-refractivity contribution in [1.29, 1.82) is 0 Å². The lowest BCUT2D eigenvalue weighted by atomic mass is 10.1. The van der Waals surface area contributed by atoms with Crippen LogP contribution in [-0.2, 0) is 6.54 Å². The van der Waals surface area contributed by atoms with Gasteiger partial charge in [0.1, 0.15) is 5.82 Å². The van der Waals surface area contributed by atoms with Crippen molar-refractivity contribution in [2.24, 2.45) is 0 Å². The predicted octanol–water partition coefficient (Wildman–Crippen LogP) is 3.99. The highest BCUT2D eigenvalue weighted by molar-refractivity contribution is 14.1. The van der Waals surface area contributed by atoms with Gasteiger partial charge in [0, 0.05) is 8.04 Å². The summed E-state index contributed by atoms with van der Waals surface area (Å²) >= 11 is 5.35. The van der Waals surface area contributed by atoms with E-state index >= 15 is 0 Å². The molecule has 0 radical (unpaired) electrons. The zero-order valence-electron chi connectivity index (χ0n) is 10.6. The van der Waals surface area contributed by atoms with E-state index in [4.69, 9.17) is 0 Å². The average Bonchev–Trinajstić information content (AvgIpc) is 2.66. The first-order valence-electron chi connectivity index (χ1n) is 6.07. The van der Waals surface area contributed by atoms with Gasteiger partial charge in [-0.25, -0.2) is 4.39 Å². The molecule has 0 aromatic heterocycles. The lowest BCUT2D eigenvalue weighted by molar-refractivity contribution is 0.0642. The Bertz CT molecular complexity index is 778. The third-order valence-corrected chi connectivity index (χ3v) is 4.69. The molecule has 1 aliphatic heterocycles. The normalized spacial score (nSPS) is 13.8. The smallest absolute Gasteiger partial charge is 0.261 e. The molecule has 3 nitrogen and oxygen atoms in total. The number of amides is 2. The molecule has 1 aliphatic rings. The van der Waals surface area contributed by atoms with Crippen molar-refractivity contribution in [2.75, 3.05) is 0 Å². The Morgan fingerprint density at radius 2 is 1.76 bits per heavy atom. The highest BCUT2D eigenvalue weighted by atomic mass is 127. The Morgan fingerprint density at radius 1 is 1.05 bits per heavy atom. The summed E-state index contributed by atoms with van der Waals surface area (Å²) in [5, 5.41) is 0. The van der Waals surface area contributed by atoms with Crippen LogP contribution >= 0.6 is 38.5 Å². The summed E-state index contributed by atoms with van der Waals surface area (Å²) in [6, 6.07) is 9.35. The van der Waals surface area contributed by atoms with Crippen LogP contribution < -0.4 is 0 Å². The quantitative estimate of drug-likeness (QED) is 0.503. The number of carbonyl (C=O) groups excluding carboxylic acids is 2. The van der Waals surface area contributed by atoms with E-state index in [0.29, 0.717) is 21.2 Å². The van der Waals surface area contributed by atoms with Crippen molar-refractivity contribution in [1.82, 2.24) is 4.90 Å². The minimum atomic E-state index is -0.373. The van der Waals surface area contributed by atoms with Crippen molar-refractivity contribution in [2.45, 2.75) is 6.54 Å². The van der Waals surface area contributed by atoms with E-state index in [1.165, 1.54) is 17.0 Å². The van der Waals surface area contributed by atoms with E-state index in [0.717, 1.165) is 3.57 Å². The lowest BCUT2D eigenvalue weighted by Crippen LogP contribution is -2.29. The third-order valence-electron chi connectivity index (χ3n) is 3.28. The second kappa shape index (κ2) is 5.49. The van der Waals surface area contributed by atoms with Crippen LogP contribution in [-0.4, -0.2) is 16.7 Å². The number of fused-ring (bicyclic) bond motifs is 1. The summed E-state index contributed by atoms with van der Waals surface area (Å²) in [5.74, 6) is -1.00. The van der Waals surface area contributed by atoms with Crippen molar-refractivity contribution >= 4 is 50.3 Å². The van der Waals surface area contributed by atoms with E-state index in [-0.39, 0.29) is 24.2 Å². The Labute approximate surface area is 142 Å². The van der Waals surface area contributed by atoms with Crippen LogP contribution in [0.5, 0.6) is 0 Å². The van der Waals surface area contributed by atoms with Gasteiger partial charge in [-0.05, 0) is 58.5 Å². The molecule has 0 fully saturated rings. The van der Waals surface area contributed by atoms with Crippen LogP contribution in [0.25, 0.3) is 0 Å². The number of hydrogen-bond donors (Lipinski definition) is 0. The van der Waals surface area contributed by atoms with Gasteiger partial charge in [0.2, 0.25) is 0 Å². The van der Waals surface area contributed by atoms with Crippen LogP contribution in [0.15, 0.2) is 40.9 Å². The fraction of sp³-hybridized carbons (Fsp3) is 0.0667. The monoisotopic (exact) mass is 459 g/mol. The molecular weight excluding hydrogens is 452 g/mol. The van der Waals surface area contributed by atoms with Crippen LogP contribution in [0.1, 0.15) is 26.3 Å². The molecule has 106 valence electrons. The third kappa shape index (κ3) is 2.62. The number of rotatable bonds is 2. The van der Waals surface area contributed by atoms with Gasteiger partial charge in [-0.3, -0.25) is 14.5 Å². The Kier molecular flexibility index (Phi) is 3.83. The maximum absolute atomic E-state index is 13.1. The number of benzene rings is 2. The van der Waals surface area contributed by atoms with Crippen molar-refractivity contribution in [3.63, 3.8) is 0 Å². The molecule has 21 heavy (non-hydrogen) atoms. The van der Waals surface area contributed by atoms with Gasteiger partial charge in [0.05, 0.1) is 17.7 Å². The van der Waals surface area contributed by atoms with Gasteiger partial charge >= 0.3 is 0 Å². The van der Waals surface area contributed by atoms with Gasteiger partial charge in [-0.15, -0.1) is 0 Å². The van der Waals surface area contributed by atoms with Gasteiger partial charge < -0.3 is 0 Å². The van der Waals surface area contributed by atoms with Crippen molar-refractivity contribution < 1.29 is 14.0 Å². The van der Waals surface area contributed by atoms with Crippen LogP contribution in [0.4, 0.5) is 4.39 Å². The summed E-state index contributed by atoms with van der Waals surface area (Å²) in [6.07, 6.45) is 0. The molecule has 0 bridgehead atoms. The summed E-state index contributed by atoms with van der Waals surface area (Å²) in [4.78, 5) is 25.8. The molecule has 0 unspecified atom stereocenters. The van der Waals surface area contributed by atoms with Gasteiger partial charge in [0.25, 0.3) is 11.8 Å². The minimum absolute atomic E-state index is 0.115. The SMILES string of the molecule is O=C1c2ccc(I)cc2C(=O)N1Cc1ccc(F)cc1Br. The highest BCUT2D eigenvalue weighted by Crippen LogP contribution is 2.28. The zero-order valence-corrected chi connectivity index (χ0v) is 14.3. The molecule has 2 amide bonds. The molecule has 6 heteroatoms. The number of imide groups is 1. The van der Waals surface area contributed by atoms with Gasteiger partial charge in [-0.2, -0.15) is 0 Å². The standard InChI is InChI=1S/C15H8BrFINO2/c16-13-5-9(17)2-1-8(13)7-19-14(20)11-4-3-10(18)6-12(11)15(19)21/h1-6H,7H2. The van der Waals surface area contributed by atoms with Crippen LogP contribution in [0.3, 0.4) is 0 Å². The molecule has 0 saturated heterocycles. The highest BCUT2D eigenvalue weighted by Gasteiger charge is 2.35. The number of nitrogens with zero attached hydrogens (tertiary/aromatic N) is 1. The molecule has 2 aromatic rings. The first kappa shape index (κ1) is 14.6. The molecule has 2 aromatic carbocycles. The maximum atomic E-state index is 13.1. The van der Waals surface area contributed by atoms with E-state index < -0.39 is 0 Å². The summed E-state index contributed by atoms with van der Waals surface area (Å²) in [5.41, 5.74) is 1.52. The maximum Gasteiger partial charge on any atom is 0.261 e. The topological polar surface area (TPSA) is 37.4 Å². The summed E-state index contributed by atoms with van der Waals surface area (Å²) in [6.45, 7) is 0.115. The molecule has 0 aliphatic carbocycles. The largest absolute Gasteiger partial charge is 0.270 e. The van der Waals surface area contributed by atoms with Crippen LogP contribution in [0, 0.1) is 9.39 Å². The summed E-state index contributed by atoms with van der Waals surface area (Å²) in [7, 11) is 0. The first-order valence-corrected chi connectivity index (χ1v) is 7.94. The predicted molar refractivity (Wildman–Crippen MR) is 87.5 cm³/mol. The van der Waals surface area contributed by atoms with E-state index in [2.05, 4.69) is 38.5 Å². The molecule has 1 heterocycles. The average molecular weight is 460 g/mol. The van der Waals surface area contributed by atoms with E-state index in [9.17, 15) is 14.0 Å². The second-order valence-corrected chi connectivity index (χ2v) is 6.72. The lowest BCUT2D eigenvalue weighted by Gasteiger charge is -2.15. The number of halogens is 3. The molecular formula is C15H8BrFINO2. The minimum Gasteiger partial charge on any atom is -0.270 e. The first-order chi connectivity index (χ1) is 9.97. The van der Waals surface area contributed by atoms with Gasteiger partial charge in [-0.1, -0.05) is 22.0 Å². The molecule has 0 N–H and O–H groups in total. The Balaban J connectivity index is 1.95. The van der Waals surface area contributed by atoms with E-state index in [1.807, 2.05) is 0 Å². The van der Waals surface area contributed by atoms with Gasteiger partial charge in [0.15, 0.2) is 0 Å². The van der Waals surface area contributed by atoms with E-state index in [1.54, 1.807) is 24.3 Å². The molecule has 0 saturated carbocycles. The number of carbonyl (C=O) groups is 2. The molecule has 0 atom stereocenters. The fourth-order valence-electron chi connectivity index (χ4n) is 2.23. The van der Waals surface area contributed by atoms with Crippen LogP contribution in [0.2, 0.25) is 0 Å². The zero-order chi connectivity index (χ0) is 15.1. The molecule has 3 rings (SSSR count). The summed E-state index contributed by atoms with van der Waals surface area (Å²) < 4.78 is 14.5. The number of hydrogen-bond acceptors (Lipinski definition) is 2. The second-order valence-electron chi connectivity index (χ2n) is 4.62. The fourth-order valence-corrected chi connectivity index (χ4v) is 3.19. The molecule has 0 spiro atoms. The van der Waals surface area contributed by atoms with Crippen molar-refractivity contribution in [3.05, 3.63) is 66.9 Å².